The molecule has 1 aromatic rings. The third-order valence-electron chi connectivity index (χ3n) is 2.39. The molecule has 1 amide bonds. The van der Waals surface area contributed by atoms with Crippen molar-refractivity contribution in [3.63, 3.8) is 0 Å². The lowest BCUT2D eigenvalue weighted by molar-refractivity contribution is -0.384. The number of amides is 1. The number of halogens is 1. The average molecular weight is 271 g/mol. The molecule has 104 valence electrons. The molecule has 19 heavy (non-hydrogen) atoms. The first-order chi connectivity index (χ1) is 9.01. The Morgan fingerprint density at radius 1 is 1.53 bits per heavy atom. The van der Waals surface area contributed by atoms with Gasteiger partial charge in [-0.05, 0) is 0 Å². The molecule has 0 spiro atoms. The summed E-state index contributed by atoms with van der Waals surface area (Å²) in [5.74, 6) is -1.55. The first kappa shape index (κ1) is 14.8. The van der Waals surface area contributed by atoms with Crippen LogP contribution in [0.3, 0.4) is 0 Å². The van der Waals surface area contributed by atoms with Crippen molar-refractivity contribution in [2.45, 2.75) is 0 Å². The lowest BCUT2D eigenvalue weighted by Crippen LogP contribution is -2.27. The van der Waals surface area contributed by atoms with Gasteiger partial charge in [0.25, 0.3) is 11.6 Å². The Hall–Kier alpha value is -2.22. The van der Waals surface area contributed by atoms with Crippen molar-refractivity contribution >= 4 is 17.3 Å². The fourth-order valence-electron chi connectivity index (χ4n) is 1.45. The van der Waals surface area contributed by atoms with Crippen LogP contribution >= 0.6 is 0 Å². The van der Waals surface area contributed by atoms with E-state index in [1.54, 1.807) is 0 Å². The number of nitro benzene ring substituents is 1. The Morgan fingerprint density at radius 3 is 2.74 bits per heavy atom. The van der Waals surface area contributed by atoms with Crippen molar-refractivity contribution in [3.8, 4) is 0 Å². The molecule has 0 aliphatic heterocycles. The number of ether oxygens (including phenoxy) is 1. The minimum absolute atomic E-state index is 0.0101. The zero-order chi connectivity index (χ0) is 14.4. The summed E-state index contributed by atoms with van der Waals surface area (Å²) < 4.78 is 18.4. The second-order valence-electron chi connectivity index (χ2n) is 3.61. The second kappa shape index (κ2) is 6.64. The number of carbonyl (C=O) groups excluding carboxylic acids is 1. The summed E-state index contributed by atoms with van der Waals surface area (Å²) in [6.45, 7) is 0.459. The highest BCUT2D eigenvalue weighted by Gasteiger charge is 2.21. The number of methoxy groups -OCH3 is 1. The van der Waals surface area contributed by atoms with Crippen LogP contribution in [-0.4, -0.2) is 38.1 Å². The van der Waals surface area contributed by atoms with E-state index in [2.05, 4.69) is 10.6 Å². The van der Waals surface area contributed by atoms with Crippen LogP contribution in [0.25, 0.3) is 0 Å². The number of carbonyl (C=O) groups is 1. The number of hydrogen-bond acceptors (Lipinski definition) is 5. The van der Waals surface area contributed by atoms with Gasteiger partial charge in [0.2, 0.25) is 0 Å². The Labute approximate surface area is 108 Å². The van der Waals surface area contributed by atoms with Crippen molar-refractivity contribution in [1.82, 2.24) is 5.32 Å². The van der Waals surface area contributed by atoms with Gasteiger partial charge in [-0.15, -0.1) is 0 Å². The predicted octanol–water partition coefficient (Wildman–Crippen LogP) is 1.15. The van der Waals surface area contributed by atoms with Gasteiger partial charge in [0.05, 0.1) is 17.1 Å². The Morgan fingerprint density at radius 2 is 2.21 bits per heavy atom. The summed E-state index contributed by atoms with van der Waals surface area (Å²) in [6, 6.07) is 1.83. The van der Waals surface area contributed by atoms with Gasteiger partial charge in [0.1, 0.15) is 11.5 Å². The topological polar surface area (TPSA) is 93.5 Å². The highest BCUT2D eigenvalue weighted by atomic mass is 19.1. The zero-order valence-corrected chi connectivity index (χ0v) is 10.5. The van der Waals surface area contributed by atoms with Gasteiger partial charge >= 0.3 is 0 Å². The fraction of sp³-hybridized carbons (Fsp3) is 0.364. The first-order valence-corrected chi connectivity index (χ1v) is 5.44. The van der Waals surface area contributed by atoms with Gasteiger partial charge in [-0.2, -0.15) is 0 Å². The van der Waals surface area contributed by atoms with E-state index in [1.807, 2.05) is 0 Å². The largest absolute Gasteiger partial charge is 0.383 e. The van der Waals surface area contributed by atoms with E-state index in [-0.39, 0.29) is 30.1 Å². The number of nitrogens with zero attached hydrogens (tertiary/aromatic N) is 1. The molecular formula is C11H14FN3O4. The van der Waals surface area contributed by atoms with E-state index in [4.69, 9.17) is 4.74 Å². The number of hydrogen-bond donors (Lipinski definition) is 2. The van der Waals surface area contributed by atoms with Crippen LogP contribution in [0.1, 0.15) is 10.4 Å². The van der Waals surface area contributed by atoms with Gasteiger partial charge in [-0.25, -0.2) is 4.39 Å². The van der Waals surface area contributed by atoms with Gasteiger partial charge < -0.3 is 15.4 Å². The highest BCUT2D eigenvalue weighted by Crippen LogP contribution is 2.27. The standard InChI is InChI=1S/C11H14FN3O4/c1-13-9-6-8(12)7(5-10(9)15(17)18)11(16)14-3-4-19-2/h5-6,13H,3-4H2,1-2H3,(H,14,16). The molecule has 8 heteroatoms. The van der Waals surface area contributed by atoms with E-state index >= 15 is 0 Å². The molecule has 7 nitrogen and oxygen atoms in total. The maximum absolute atomic E-state index is 13.7. The van der Waals surface area contributed by atoms with Gasteiger partial charge in [0, 0.05) is 32.8 Å². The molecule has 0 radical (unpaired) electrons. The number of nitro groups is 1. The summed E-state index contributed by atoms with van der Waals surface area (Å²) >= 11 is 0. The Kier molecular flexibility index (Phi) is 5.19. The molecule has 0 saturated carbocycles. The molecule has 2 N–H and O–H groups in total. The molecular weight excluding hydrogens is 257 g/mol. The maximum Gasteiger partial charge on any atom is 0.293 e. The molecule has 0 aliphatic rings. The molecule has 1 aromatic carbocycles. The summed E-state index contributed by atoms with van der Waals surface area (Å²) in [4.78, 5) is 21.8. The van der Waals surface area contributed by atoms with E-state index in [1.165, 1.54) is 14.2 Å². The second-order valence-corrected chi connectivity index (χ2v) is 3.61. The molecule has 0 aliphatic carbocycles. The molecule has 0 fully saturated rings. The number of benzene rings is 1. The van der Waals surface area contributed by atoms with Crippen LogP contribution in [0.15, 0.2) is 12.1 Å². The average Bonchev–Trinajstić information content (AvgIpc) is 2.37. The SMILES string of the molecule is CNc1cc(F)c(C(=O)NCCOC)cc1[N+](=O)[O-]. The lowest BCUT2D eigenvalue weighted by Gasteiger charge is -2.08. The van der Waals surface area contributed by atoms with E-state index in [9.17, 15) is 19.3 Å². The van der Waals surface area contributed by atoms with E-state index < -0.39 is 16.6 Å². The van der Waals surface area contributed by atoms with Crippen LogP contribution in [-0.2, 0) is 4.74 Å². The van der Waals surface area contributed by atoms with Crippen LogP contribution in [0, 0.1) is 15.9 Å². The maximum atomic E-state index is 13.7. The van der Waals surface area contributed by atoms with Crippen molar-refractivity contribution < 1.29 is 18.8 Å². The molecule has 0 atom stereocenters. The van der Waals surface area contributed by atoms with Crippen LogP contribution in [0.5, 0.6) is 0 Å². The minimum atomic E-state index is -0.829. The van der Waals surface area contributed by atoms with Crippen molar-refractivity contribution in [2.24, 2.45) is 0 Å². The number of nitrogens with one attached hydrogen (secondary N) is 2. The van der Waals surface area contributed by atoms with Gasteiger partial charge in [-0.1, -0.05) is 0 Å². The van der Waals surface area contributed by atoms with E-state index in [0.717, 1.165) is 12.1 Å². The summed E-state index contributed by atoms with van der Waals surface area (Å²) in [6.07, 6.45) is 0. The highest BCUT2D eigenvalue weighted by molar-refractivity contribution is 5.96. The molecule has 0 heterocycles. The first-order valence-electron chi connectivity index (χ1n) is 5.44. The molecule has 1 rings (SSSR count). The van der Waals surface area contributed by atoms with Gasteiger partial charge in [0.15, 0.2) is 0 Å². The van der Waals surface area contributed by atoms with E-state index in [0.29, 0.717) is 0 Å². The smallest absolute Gasteiger partial charge is 0.293 e. The minimum Gasteiger partial charge on any atom is -0.383 e. The molecule has 0 unspecified atom stereocenters. The van der Waals surface area contributed by atoms with Crippen LogP contribution in [0.4, 0.5) is 15.8 Å². The third-order valence-corrected chi connectivity index (χ3v) is 2.39. The van der Waals surface area contributed by atoms with Gasteiger partial charge in [-0.3, -0.25) is 14.9 Å². The Balaban J connectivity index is 3.04. The third kappa shape index (κ3) is 3.62. The monoisotopic (exact) mass is 271 g/mol. The summed E-state index contributed by atoms with van der Waals surface area (Å²) in [5.41, 5.74) is -0.724. The summed E-state index contributed by atoms with van der Waals surface area (Å²) in [5, 5.41) is 15.7. The Bertz CT molecular complexity index is 493. The lowest BCUT2D eigenvalue weighted by atomic mass is 10.1. The van der Waals surface area contributed by atoms with Crippen molar-refractivity contribution in [2.75, 3.05) is 32.6 Å². The molecule has 0 aromatic heterocycles. The zero-order valence-electron chi connectivity index (χ0n) is 10.5. The molecule has 0 saturated heterocycles. The van der Waals surface area contributed by atoms with Crippen molar-refractivity contribution in [3.05, 3.63) is 33.6 Å². The predicted molar refractivity (Wildman–Crippen MR) is 66.8 cm³/mol. The quantitative estimate of drug-likeness (QED) is 0.460. The number of rotatable bonds is 6. The number of anilines is 1. The normalized spacial score (nSPS) is 10.1. The van der Waals surface area contributed by atoms with Crippen LogP contribution < -0.4 is 10.6 Å². The van der Waals surface area contributed by atoms with Crippen molar-refractivity contribution in [1.29, 1.82) is 0 Å². The molecule has 0 bridgehead atoms. The summed E-state index contributed by atoms with van der Waals surface area (Å²) in [7, 11) is 2.89. The fourth-order valence-corrected chi connectivity index (χ4v) is 1.45. The van der Waals surface area contributed by atoms with Crippen LogP contribution in [0.2, 0.25) is 0 Å².